The molecule has 0 spiro atoms. The zero-order valence-electron chi connectivity index (χ0n) is 11.2. The molecule has 4 nitrogen and oxygen atoms in total. The lowest BCUT2D eigenvalue weighted by Crippen LogP contribution is -2.38. The molecule has 104 valence electrons. The highest BCUT2D eigenvalue weighted by Crippen LogP contribution is 2.31. The number of hydrogen-bond donors (Lipinski definition) is 0. The maximum atomic E-state index is 12.5. The Morgan fingerprint density at radius 3 is 2.63 bits per heavy atom. The van der Waals surface area contributed by atoms with E-state index in [1.807, 2.05) is 18.7 Å². The number of amides is 1. The summed E-state index contributed by atoms with van der Waals surface area (Å²) >= 11 is 3.38. The largest absolute Gasteiger partial charge is 0.486 e. The molecule has 19 heavy (non-hydrogen) atoms. The van der Waals surface area contributed by atoms with E-state index in [2.05, 4.69) is 15.9 Å². The minimum atomic E-state index is 0.0198. The molecule has 0 saturated heterocycles. The van der Waals surface area contributed by atoms with Crippen molar-refractivity contribution in [2.24, 2.45) is 0 Å². The Kier molecular flexibility index (Phi) is 4.69. The molecule has 1 aromatic rings. The quantitative estimate of drug-likeness (QED) is 0.798. The number of nitrogens with zero attached hydrogens (tertiary/aromatic N) is 1. The molecule has 0 unspecified atom stereocenters. The van der Waals surface area contributed by atoms with Crippen molar-refractivity contribution in [3.05, 3.63) is 23.8 Å². The maximum Gasteiger partial charge on any atom is 0.254 e. The van der Waals surface area contributed by atoms with Crippen molar-refractivity contribution in [2.75, 3.05) is 25.1 Å². The highest BCUT2D eigenvalue weighted by molar-refractivity contribution is 9.09. The van der Waals surface area contributed by atoms with Crippen molar-refractivity contribution in [1.29, 1.82) is 0 Å². The van der Waals surface area contributed by atoms with Gasteiger partial charge in [-0.05, 0) is 32.0 Å². The van der Waals surface area contributed by atoms with Crippen LogP contribution in [0.2, 0.25) is 0 Å². The molecule has 0 bridgehead atoms. The Hall–Kier alpha value is -1.23. The van der Waals surface area contributed by atoms with Crippen LogP contribution in [0.3, 0.4) is 0 Å². The minimum Gasteiger partial charge on any atom is -0.486 e. The summed E-state index contributed by atoms with van der Waals surface area (Å²) in [5.74, 6) is 1.38. The lowest BCUT2D eigenvalue weighted by atomic mass is 10.1. The number of carbonyl (C=O) groups is 1. The van der Waals surface area contributed by atoms with Gasteiger partial charge in [-0.25, -0.2) is 0 Å². The Balaban J connectivity index is 2.22. The predicted octanol–water partition coefficient (Wildman–Crippen LogP) is 2.70. The summed E-state index contributed by atoms with van der Waals surface area (Å²) in [5.41, 5.74) is 0.638. The normalized spacial score (nSPS) is 13.5. The first-order valence-electron chi connectivity index (χ1n) is 6.40. The topological polar surface area (TPSA) is 38.8 Å². The van der Waals surface area contributed by atoms with Gasteiger partial charge in [0.2, 0.25) is 0 Å². The van der Waals surface area contributed by atoms with Gasteiger partial charge in [0, 0.05) is 23.5 Å². The SMILES string of the molecule is CC(C)N(CCBr)C(=O)c1ccc2c(c1)OCCO2. The first kappa shape index (κ1) is 14.2. The van der Waals surface area contributed by atoms with Crippen LogP contribution in [0, 0.1) is 0 Å². The van der Waals surface area contributed by atoms with Gasteiger partial charge >= 0.3 is 0 Å². The summed E-state index contributed by atoms with van der Waals surface area (Å²) in [5, 5.41) is 0.765. The molecule has 1 amide bonds. The fourth-order valence-electron chi connectivity index (χ4n) is 2.03. The van der Waals surface area contributed by atoms with Gasteiger partial charge in [0.15, 0.2) is 11.5 Å². The van der Waals surface area contributed by atoms with Crippen LogP contribution in [-0.4, -0.2) is 41.9 Å². The number of rotatable bonds is 4. The van der Waals surface area contributed by atoms with E-state index in [1.165, 1.54) is 0 Å². The van der Waals surface area contributed by atoms with Crippen molar-refractivity contribution in [1.82, 2.24) is 4.90 Å². The molecule has 0 aromatic heterocycles. The van der Waals surface area contributed by atoms with E-state index in [4.69, 9.17) is 9.47 Å². The number of fused-ring (bicyclic) bond motifs is 1. The van der Waals surface area contributed by atoms with Gasteiger partial charge < -0.3 is 14.4 Å². The fraction of sp³-hybridized carbons (Fsp3) is 0.500. The molecular weight excluding hydrogens is 310 g/mol. The number of alkyl halides is 1. The van der Waals surface area contributed by atoms with Crippen LogP contribution in [0.1, 0.15) is 24.2 Å². The number of ether oxygens (including phenoxy) is 2. The van der Waals surface area contributed by atoms with Crippen LogP contribution in [0.5, 0.6) is 11.5 Å². The van der Waals surface area contributed by atoms with Gasteiger partial charge in [-0.1, -0.05) is 15.9 Å². The van der Waals surface area contributed by atoms with E-state index >= 15 is 0 Å². The first-order valence-corrected chi connectivity index (χ1v) is 7.52. The van der Waals surface area contributed by atoms with E-state index < -0.39 is 0 Å². The van der Waals surface area contributed by atoms with Crippen molar-refractivity contribution in [3.8, 4) is 11.5 Å². The Bertz CT molecular complexity index is 462. The van der Waals surface area contributed by atoms with Crippen molar-refractivity contribution in [3.63, 3.8) is 0 Å². The Morgan fingerprint density at radius 1 is 1.32 bits per heavy atom. The van der Waals surface area contributed by atoms with Crippen LogP contribution in [0.25, 0.3) is 0 Å². The zero-order chi connectivity index (χ0) is 13.8. The molecule has 1 aliphatic rings. The number of carbonyl (C=O) groups excluding carboxylic acids is 1. The number of halogens is 1. The third kappa shape index (κ3) is 3.21. The molecule has 0 aliphatic carbocycles. The maximum absolute atomic E-state index is 12.5. The van der Waals surface area contributed by atoms with Crippen LogP contribution >= 0.6 is 15.9 Å². The number of hydrogen-bond acceptors (Lipinski definition) is 3. The monoisotopic (exact) mass is 327 g/mol. The minimum absolute atomic E-state index is 0.0198. The lowest BCUT2D eigenvalue weighted by Gasteiger charge is -2.26. The zero-order valence-corrected chi connectivity index (χ0v) is 12.8. The molecular formula is C14H18BrNO3. The molecule has 5 heteroatoms. The standard InChI is InChI=1S/C14H18BrNO3/c1-10(2)16(6-5-15)14(17)11-3-4-12-13(9-11)19-8-7-18-12/h3-4,9-10H,5-8H2,1-2H3. The second kappa shape index (κ2) is 6.28. The second-order valence-electron chi connectivity index (χ2n) is 4.64. The molecule has 1 heterocycles. The molecule has 1 aliphatic heterocycles. The molecule has 2 rings (SSSR count). The molecule has 0 fully saturated rings. The van der Waals surface area contributed by atoms with Crippen molar-refractivity contribution < 1.29 is 14.3 Å². The summed E-state index contributed by atoms with van der Waals surface area (Å²) in [7, 11) is 0. The fourth-order valence-corrected chi connectivity index (χ4v) is 2.41. The third-order valence-electron chi connectivity index (χ3n) is 3.00. The van der Waals surface area contributed by atoms with E-state index in [1.54, 1.807) is 18.2 Å². The molecule has 0 atom stereocenters. The van der Waals surface area contributed by atoms with Gasteiger partial charge in [-0.3, -0.25) is 4.79 Å². The van der Waals surface area contributed by atoms with Crippen LogP contribution in [-0.2, 0) is 0 Å². The average molecular weight is 328 g/mol. The summed E-state index contributed by atoms with van der Waals surface area (Å²) in [6.45, 7) is 5.80. The highest BCUT2D eigenvalue weighted by Gasteiger charge is 2.20. The average Bonchev–Trinajstić information content (AvgIpc) is 2.43. The van der Waals surface area contributed by atoms with E-state index in [-0.39, 0.29) is 11.9 Å². The third-order valence-corrected chi connectivity index (χ3v) is 3.35. The van der Waals surface area contributed by atoms with Gasteiger partial charge in [0.05, 0.1) is 0 Å². The number of benzene rings is 1. The molecule has 1 aromatic carbocycles. The van der Waals surface area contributed by atoms with Crippen molar-refractivity contribution in [2.45, 2.75) is 19.9 Å². The second-order valence-corrected chi connectivity index (χ2v) is 5.43. The van der Waals surface area contributed by atoms with Crippen LogP contribution < -0.4 is 9.47 Å². The van der Waals surface area contributed by atoms with Crippen LogP contribution in [0.15, 0.2) is 18.2 Å². The van der Waals surface area contributed by atoms with E-state index in [0.29, 0.717) is 36.8 Å². The summed E-state index contributed by atoms with van der Waals surface area (Å²) < 4.78 is 11.0. The molecule has 0 N–H and O–H groups in total. The van der Waals surface area contributed by atoms with Gasteiger partial charge in [-0.2, -0.15) is 0 Å². The van der Waals surface area contributed by atoms with E-state index in [9.17, 15) is 4.79 Å². The molecule has 0 radical (unpaired) electrons. The van der Waals surface area contributed by atoms with E-state index in [0.717, 1.165) is 5.33 Å². The molecule has 0 saturated carbocycles. The summed E-state index contributed by atoms with van der Waals surface area (Å²) in [4.78, 5) is 14.3. The highest BCUT2D eigenvalue weighted by atomic mass is 79.9. The smallest absolute Gasteiger partial charge is 0.254 e. The Labute approximate surface area is 121 Å². The van der Waals surface area contributed by atoms with Crippen LogP contribution in [0.4, 0.5) is 0 Å². The predicted molar refractivity (Wildman–Crippen MR) is 77.4 cm³/mol. The summed E-state index contributed by atoms with van der Waals surface area (Å²) in [6.07, 6.45) is 0. The van der Waals surface area contributed by atoms with Gasteiger partial charge in [0.25, 0.3) is 5.91 Å². The van der Waals surface area contributed by atoms with Gasteiger partial charge in [0.1, 0.15) is 13.2 Å². The first-order chi connectivity index (χ1) is 9.13. The Morgan fingerprint density at radius 2 is 2.00 bits per heavy atom. The summed E-state index contributed by atoms with van der Waals surface area (Å²) in [6, 6.07) is 5.52. The van der Waals surface area contributed by atoms with Gasteiger partial charge in [-0.15, -0.1) is 0 Å². The van der Waals surface area contributed by atoms with Crippen molar-refractivity contribution >= 4 is 21.8 Å². The lowest BCUT2D eigenvalue weighted by molar-refractivity contribution is 0.0718.